The van der Waals surface area contributed by atoms with Crippen LogP contribution in [0.1, 0.15) is 45.0 Å². The molecule has 1 unspecified atom stereocenters. The number of methoxy groups -OCH3 is 1. The topological polar surface area (TPSA) is 60.5 Å². The van der Waals surface area contributed by atoms with Crippen molar-refractivity contribution in [2.75, 3.05) is 7.11 Å². The minimum Gasteiger partial charge on any atom is -0.444 e. The lowest BCUT2D eigenvalue weighted by Crippen LogP contribution is -2.34. The molecule has 0 spiro atoms. The Morgan fingerprint density at radius 2 is 1.96 bits per heavy atom. The third-order valence-electron chi connectivity index (χ3n) is 3.33. The number of benzene rings is 1. The molecule has 2 rings (SSSR count). The second-order valence-corrected chi connectivity index (χ2v) is 7.41. The second kappa shape index (κ2) is 7.77. The first-order valence-electron chi connectivity index (χ1n) is 7.81. The van der Waals surface area contributed by atoms with Crippen LogP contribution < -0.4 is 5.32 Å². The van der Waals surface area contributed by atoms with Gasteiger partial charge < -0.3 is 14.8 Å². The summed E-state index contributed by atoms with van der Waals surface area (Å²) in [6, 6.07) is 7.96. The molecule has 0 bridgehead atoms. The van der Waals surface area contributed by atoms with Gasteiger partial charge in [0.05, 0.1) is 28.7 Å². The predicted octanol–water partition coefficient (Wildman–Crippen LogP) is 4.54. The molecular weight excluding hydrogens is 324 g/mol. The number of rotatable bonds is 5. The van der Waals surface area contributed by atoms with E-state index in [0.29, 0.717) is 6.61 Å². The first-order chi connectivity index (χ1) is 11.3. The Hall–Kier alpha value is -1.92. The van der Waals surface area contributed by atoms with E-state index >= 15 is 0 Å². The number of nitrogens with one attached hydrogen (secondary N) is 1. The van der Waals surface area contributed by atoms with Gasteiger partial charge in [0.25, 0.3) is 0 Å². The van der Waals surface area contributed by atoms with Gasteiger partial charge in [-0.15, -0.1) is 11.3 Å². The lowest BCUT2D eigenvalue weighted by atomic mass is 10.0. The quantitative estimate of drug-likeness (QED) is 0.861. The van der Waals surface area contributed by atoms with Crippen molar-refractivity contribution >= 4 is 17.4 Å². The summed E-state index contributed by atoms with van der Waals surface area (Å²) in [5.41, 5.74) is 4.37. The number of amides is 1. The second-order valence-electron chi connectivity index (χ2n) is 6.55. The number of ether oxygens (including phenoxy) is 2. The van der Waals surface area contributed by atoms with Crippen LogP contribution in [0.5, 0.6) is 0 Å². The minimum absolute atomic E-state index is 0.131. The van der Waals surface area contributed by atoms with Crippen LogP contribution in [0.2, 0.25) is 0 Å². The average Bonchev–Trinajstić information content (AvgIpc) is 2.94. The molecule has 130 valence electrons. The van der Waals surface area contributed by atoms with Gasteiger partial charge in [-0.1, -0.05) is 24.3 Å². The summed E-state index contributed by atoms with van der Waals surface area (Å²) in [6.45, 7) is 7.97. The number of thiazole rings is 1. The molecule has 0 saturated heterocycles. The number of carbonyl (C=O) groups excluding carboxylic acids is 1. The standard InChI is InChI=1S/C18H24N2O3S/c1-12(20-17(21)23-18(2,3)4)13-6-8-14(9-7-13)16-15(10-22-5)19-11-24-16/h6-9,11-12H,10H2,1-5H3,(H,20,21). The molecule has 1 aromatic carbocycles. The largest absolute Gasteiger partial charge is 0.444 e. The van der Waals surface area contributed by atoms with E-state index in [2.05, 4.69) is 10.3 Å². The Bertz CT molecular complexity index is 674. The van der Waals surface area contributed by atoms with Gasteiger partial charge in [0.15, 0.2) is 0 Å². The zero-order valence-electron chi connectivity index (χ0n) is 14.8. The van der Waals surface area contributed by atoms with Crippen LogP contribution in [0, 0.1) is 0 Å². The van der Waals surface area contributed by atoms with E-state index in [-0.39, 0.29) is 6.04 Å². The minimum atomic E-state index is -0.502. The number of hydrogen-bond donors (Lipinski definition) is 1. The number of nitrogens with zero attached hydrogens (tertiary/aromatic N) is 1. The molecule has 0 radical (unpaired) electrons. The molecule has 1 aromatic heterocycles. The Morgan fingerprint density at radius 1 is 1.29 bits per heavy atom. The van der Waals surface area contributed by atoms with Crippen molar-refractivity contribution in [1.82, 2.24) is 10.3 Å². The summed E-state index contributed by atoms with van der Waals surface area (Å²) in [5.74, 6) is 0. The maximum Gasteiger partial charge on any atom is 0.408 e. The van der Waals surface area contributed by atoms with Crippen LogP contribution in [-0.2, 0) is 16.1 Å². The molecule has 0 fully saturated rings. The van der Waals surface area contributed by atoms with E-state index in [1.807, 2.05) is 57.5 Å². The highest BCUT2D eigenvalue weighted by molar-refractivity contribution is 7.13. The normalized spacial score (nSPS) is 12.7. The van der Waals surface area contributed by atoms with Gasteiger partial charge in [-0.25, -0.2) is 9.78 Å². The molecule has 6 heteroatoms. The van der Waals surface area contributed by atoms with Gasteiger partial charge in [-0.2, -0.15) is 0 Å². The lowest BCUT2D eigenvalue weighted by molar-refractivity contribution is 0.0508. The Balaban J connectivity index is 2.06. The monoisotopic (exact) mass is 348 g/mol. The smallest absolute Gasteiger partial charge is 0.408 e. The van der Waals surface area contributed by atoms with Gasteiger partial charge >= 0.3 is 6.09 Å². The van der Waals surface area contributed by atoms with E-state index in [4.69, 9.17) is 9.47 Å². The number of carbonyl (C=O) groups is 1. The molecule has 1 amide bonds. The van der Waals surface area contributed by atoms with Crippen molar-refractivity contribution in [3.8, 4) is 10.4 Å². The van der Waals surface area contributed by atoms with E-state index in [1.165, 1.54) is 0 Å². The maximum absolute atomic E-state index is 11.9. The predicted molar refractivity (Wildman–Crippen MR) is 96.0 cm³/mol. The van der Waals surface area contributed by atoms with Crippen molar-refractivity contribution in [2.45, 2.75) is 45.9 Å². The molecule has 0 aliphatic rings. The highest BCUT2D eigenvalue weighted by Crippen LogP contribution is 2.29. The third-order valence-corrected chi connectivity index (χ3v) is 4.25. The van der Waals surface area contributed by atoms with Crippen LogP contribution in [0.3, 0.4) is 0 Å². The molecule has 5 nitrogen and oxygen atoms in total. The fourth-order valence-electron chi connectivity index (χ4n) is 2.23. The fraction of sp³-hybridized carbons (Fsp3) is 0.444. The molecule has 24 heavy (non-hydrogen) atoms. The summed E-state index contributed by atoms with van der Waals surface area (Å²) in [7, 11) is 1.66. The summed E-state index contributed by atoms with van der Waals surface area (Å²) in [4.78, 5) is 17.3. The summed E-state index contributed by atoms with van der Waals surface area (Å²) in [5, 5.41) is 2.85. The molecule has 1 N–H and O–H groups in total. The number of alkyl carbamates (subject to hydrolysis) is 1. The highest BCUT2D eigenvalue weighted by Gasteiger charge is 2.18. The summed E-state index contributed by atoms with van der Waals surface area (Å²) < 4.78 is 10.5. The van der Waals surface area contributed by atoms with Crippen molar-refractivity contribution in [1.29, 1.82) is 0 Å². The van der Waals surface area contributed by atoms with E-state index in [9.17, 15) is 4.79 Å². The molecule has 0 saturated carbocycles. The lowest BCUT2D eigenvalue weighted by Gasteiger charge is -2.22. The van der Waals surface area contributed by atoms with E-state index in [1.54, 1.807) is 18.4 Å². The molecule has 1 atom stereocenters. The Morgan fingerprint density at radius 3 is 2.54 bits per heavy atom. The van der Waals surface area contributed by atoms with Crippen LogP contribution in [-0.4, -0.2) is 23.8 Å². The van der Waals surface area contributed by atoms with Crippen LogP contribution in [0.4, 0.5) is 4.79 Å². The van der Waals surface area contributed by atoms with E-state index < -0.39 is 11.7 Å². The van der Waals surface area contributed by atoms with Gasteiger partial charge in [-0.3, -0.25) is 0 Å². The average molecular weight is 348 g/mol. The molecule has 1 heterocycles. The number of aromatic nitrogens is 1. The molecule has 0 aliphatic heterocycles. The molecular formula is C18H24N2O3S. The van der Waals surface area contributed by atoms with E-state index in [0.717, 1.165) is 21.7 Å². The Labute approximate surface area is 147 Å². The zero-order chi connectivity index (χ0) is 17.7. The van der Waals surface area contributed by atoms with Gasteiger partial charge in [0.1, 0.15) is 5.60 Å². The first kappa shape index (κ1) is 18.4. The third kappa shape index (κ3) is 5.04. The maximum atomic E-state index is 11.9. The van der Waals surface area contributed by atoms with Gasteiger partial charge in [0.2, 0.25) is 0 Å². The fourth-order valence-corrected chi connectivity index (χ4v) is 3.04. The van der Waals surface area contributed by atoms with Crippen LogP contribution >= 0.6 is 11.3 Å². The van der Waals surface area contributed by atoms with Crippen molar-refractivity contribution in [3.05, 3.63) is 41.0 Å². The van der Waals surface area contributed by atoms with Crippen molar-refractivity contribution in [2.24, 2.45) is 0 Å². The van der Waals surface area contributed by atoms with Crippen LogP contribution in [0.15, 0.2) is 29.8 Å². The van der Waals surface area contributed by atoms with Gasteiger partial charge in [-0.05, 0) is 38.8 Å². The zero-order valence-corrected chi connectivity index (χ0v) is 15.6. The SMILES string of the molecule is COCc1ncsc1-c1ccc(C(C)NC(=O)OC(C)(C)C)cc1. The summed E-state index contributed by atoms with van der Waals surface area (Å²) >= 11 is 1.59. The Kier molecular flexibility index (Phi) is 5.96. The molecule has 0 aliphatic carbocycles. The van der Waals surface area contributed by atoms with Crippen molar-refractivity contribution in [3.63, 3.8) is 0 Å². The summed E-state index contributed by atoms with van der Waals surface area (Å²) in [6.07, 6.45) is -0.413. The van der Waals surface area contributed by atoms with Crippen molar-refractivity contribution < 1.29 is 14.3 Å². The van der Waals surface area contributed by atoms with Crippen LogP contribution in [0.25, 0.3) is 10.4 Å². The first-order valence-corrected chi connectivity index (χ1v) is 8.69. The van der Waals surface area contributed by atoms with Gasteiger partial charge in [0, 0.05) is 7.11 Å². The molecule has 2 aromatic rings. The highest BCUT2D eigenvalue weighted by atomic mass is 32.1. The number of hydrogen-bond acceptors (Lipinski definition) is 5.